The quantitative estimate of drug-likeness (QED) is 0.189. The summed E-state index contributed by atoms with van der Waals surface area (Å²) in [5, 5.41) is 19.8. The molecule has 1 fully saturated rings. The molecular weight excluding hydrogens is 628 g/mol. The van der Waals surface area contributed by atoms with Gasteiger partial charge in [-0.05, 0) is 59.0 Å². The standard InChI is InChI=1S/C32H54N6O8S/c1-11-19(5)24(36-30(43)32(7)14-13-15-37(32)8)28(41)38(9)22(18(3)4)16-23(46-31(44)33-12-2)27-34-21(17-47-27)26(40)35-25(20(6)39)29(42)45-10/h17-20,22-25,39H,11-16H2,1-10H3,(H,33,44)(H,35,40)(H,36,43)/t19-,20?,22+,23+,24-,25-,32+/m0/s1. The lowest BCUT2D eigenvalue weighted by Gasteiger charge is -2.38. The Kier molecular flexibility index (Phi) is 15.0. The molecule has 7 atom stereocenters. The van der Waals surface area contributed by atoms with E-state index >= 15 is 0 Å². The highest BCUT2D eigenvalue weighted by atomic mass is 32.1. The Hall–Kier alpha value is -3.30. The van der Waals surface area contributed by atoms with E-state index in [1.165, 1.54) is 12.3 Å². The molecule has 15 heteroatoms. The van der Waals surface area contributed by atoms with Gasteiger partial charge in [0, 0.05) is 31.4 Å². The molecule has 2 rings (SSSR count). The first-order chi connectivity index (χ1) is 22.0. The molecule has 0 radical (unpaired) electrons. The number of nitrogens with zero attached hydrogens (tertiary/aromatic N) is 3. The third kappa shape index (κ3) is 10.1. The molecule has 2 heterocycles. The Morgan fingerprint density at radius 2 is 1.79 bits per heavy atom. The van der Waals surface area contributed by atoms with Crippen molar-refractivity contribution in [2.24, 2.45) is 11.8 Å². The summed E-state index contributed by atoms with van der Waals surface area (Å²) in [6.07, 6.45) is -0.411. The number of ether oxygens (including phenoxy) is 2. The zero-order chi connectivity index (χ0) is 35.6. The van der Waals surface area contributed by atoms with E-state index in [1.54, 1.807) is 18.9 Å². The van der Waals surface area contributed by atoms with E-state index in [-0.39, 0.29) is 35.8 Å². The van der Waals surface area contributed by atoms with Crippen LogP contribution in [0.3, 0.4) is 0 Å². The number of rotatable bonds is 16. The normalized spacial score (nSPS) is 20.3. The van der Waals surface area contributed by atoms with Crippen LogP contribution < -0.4 is 16.0 Å². The number of hydrogen-bond acceptors (Lipinski definition) is 11. The summed E-state index contributed by atoms with van der Waals surface area (Å²) in [7, 11) is 4.75. The third-order valence-corrected chi connectivity index (χ3v) is 10.1. The lowest BCUT2D eigenvalue weighted by Crippen LogP contribution is -2.60. The number of aromatic nitrogens is 1. The fraction of sp³-hybridized carbons (Fsp3) is 0.750. The minimum absolute atomic E-state index is 0.0421. The SMILES string of the molecule is CCNC(=O)O[C@H](C[C@H](C(C)C)N(C)C(=O)[C@@H](NC(=O)[C@@]1(C)CCCN1C)[C@@H](C)CC)c1nc(C(=O)N[C@H](C(=O)OC)C(C)O)cs1. The van der Waals surface area contributed by atoms with Gasteiger partial charge in [-0.2, -0.15) is 0 Å². The first-order valence-corrected chi connectivity index (χ1v) is 17.2. The molecule has 1 aliphatic rings. The van der Waals surface area contributed by atoms with E-state index in [9.17, 15) is 29.1 Å². The van der Waals surface area contributed by atoms with Crippen LogP contribution in [0.25, 0.3) is 0 Å². The van der Waals surface area contributed by atoms with Gasteiger partial charge in [-0.1, -0.05) is 34.1 Å². The minimum Gasteiger partial charge on any atom is -0.467 e. The average molecular weight is 683 g/mol. The lowest BCUT2D eigenvalue weighted by molar-refractivity contribution is -0.145. The van der Waals surface area contributed by atoms with Crippen molar-refractivity contribution < 1.29 is 38.6 Å². The molecule has 0 aliphatic carbocycles. The van der Waals surface area contributed by atoms with Crippen LogP contribution >= 0.6 is 11.3 Å². The summed E-state index contributed by atoms with van der Waals surface area (Å²) in [5.74, 6) is -2.20. The van der Waals surface area contributed by atoms with E-state index in [1.807, 2.05) is 46.6 Å². The fourth-order valence-electron chi connectivity index (χ4n) is 5.62. The molecule has 14 nitrogen and oxygen atoms in total. The number of carbonyl (C=O) groups excluding carboxylic acids is 5. The van der Waals surface area contributed by atoms with Crippen LogP contribution in [0, 0.1) is 11.8 Å². The molecule has 0 spiro atoms. The van der Waals surface area contributed by atoms with Gasteiger partial charge in [0.1, 0.15) is 16.7 Å². The van der Waals surface area contributed by atoms with Crippen LogP contribution in [0.1, 0.15) is 95.7 Å². The summed E-state index contributed by atoms with van der Waals surface area (Å²) >= 11 is 1.09. The zero-order valence-corrected chi connectivity index (χ0v) is 30.2. The van der Waals surface area contributed by atoms with E-state index in [2.05, 4.69) is 25.7 Å². The van der Waals surface area contributed by atoms with Crippen molar-refractivity contribution in [3.63, 3.8) is 0 Å². The molecule has 1 unspecified atom stereocenters. The van der Waals surface area contributed by atoms with Crippen molar-refractivity contribution >= 4 is 41.1 Å². The second-order valence-corrected chi connectivity index (χ2v) is 13.7. The van der Waals surface area contributed by atoms with Gasteiger partial charge in [0.2, 0.25) is 11.8 Å². The summed E-state index contributed by atoms with van der Waals surface area (Å²) in [6, 6.07) is -2.52. The number of nitrogens with one attached hydrogen (secondary N) is 3. The Morgan fingerprint density at radius 3 is 2.30 bits per heavy atom. The molecule has 4 N–H and O–H groups in total. The van der Waals surface area contributed by atoms with E-state index < -0.39 is 53.8 Å². The molecule has 1 aromatic heterocycles. The molecule has 0 saturated carbocycles. The number of alkyl carbamates (subject to hydrolysis) is 1. The van der Waals surface area contributed by atoms with Gasteiger partial charge in [0.15, 0.2) is 12.1 Å². The molecule has 266 valence electrons. The fourth-order valence-corrected chi connectivity index (χ4v) is 6.46. The number of hydrogen-bond donors (Lipinski definition) is 4. The zero-order valence-electron chi connectivity index (χ0n) is 29.4. The second-order valence-electron chi connectivity index (χ2n) is 12.8. The Morgan fingerprint density at radius 1 is 1.13 bits per heavy atom. The number of aliphatic hydroxyl groups excluding tert-OH is 1. The summed E-state index contributed by atoms with van der Waals surface area (Å²) in [5.41, 5.74) is -0.742. The van der Waals surface area contributed by atoms with Crippen LogP contribution in [0.2, 0.25) is 0 Å². The number of esters is 1. The molecule has 1 aromatic rings. The van der Waals surface area contributed by atoms with Crippen molar-refractivity contribution in [1.82, 2.24) is 30.7 Å². The van der Waals surface area contributed by atoms with Gasteiger partial charge in [0.25, 0.3) is 5.91 Å². The number of amides is 4. The maximum absolute atomic E-state index is 14.2. The number of likely N-dealkylation sites (N-methyl/N-ethyl adjacent to an activating group) is 2. The van der Waals surface area contributed by atoms with Gasteiger partial charge in [-0.3, -0.25) is 19.3 Å². The van der Waals surface area contributed by atoms with E-state index in [0.29, 0.717) is 24.4 Å². The Bertz CT molecular complexity index is 1240. The summed E-state index contributed by atoms with van der Waals surface area (Å²) < 4.78 is 10.5. The molecule has 0 bridgehead atoms. The van der Waals surface area contributed by atoms with Crippen molar-refractivity contribution in [1.29, 1.82) is 0 Å². The van der Waals surface area contributed by atoms with Crippen molar-refractivity contribution in [2.75, 3.05) is 34.3 Å². The third-order valence-electron chi connectivity index (χ3n) is 9.15. The molecule has 0 aromatic carbocycles. The highest BCUT2D eigenvalue weighted by Crippen LogP contribution is 2.32. The molecule has 1 saturated heterocycles. The lowest BCUT2D eigenvalue weighted by atomic mass is 9.91. The molecule has 47 heavy (non-hydrogen) atoms. The average Bonchev–Trinajstić information content (AvgIpc) is 3.66. The van der Waals surface area contributed by atoms with Gasteiger partial charge < -0.3 is 35.4 Å². The number of aliphatic hydroxyl groups is 1. The number of carbonyl (C=O) groups is 5. The first kappa shape index (κ1) is 39.9. The van der Waals surface area contributed by atoms with Gasteiger partial charge >= 0.3 is 12.1 Å². The number of likely N-dealkylation sites (tertiary alicyclic amines) is 1. The van der Waals surface area contributed by atoms with Crippen LogP contribution in [0.5, 0.6) is 0 Å². The van der Waals surface area contributed by atoms with Crippen molar-refractivity contribution in [2.45, 2.75) is 110 Å². The predicted molar refractivity (Wildman–Crippen MR) is 178 cm³/mol. The van der Waals surface area contributed by atoms with Crippen molar-refractivity contribution in [3.8, 4) is 0 Å². The highest BCUT2D eigenvalue weighted by Gasteiger charge is 2.44. The monoisotopic (exact) mass is 682 g/mol. The highest BCUT2D eigenvalue weighted by molar-refractivity contribution is 7.09. The smallest absolute Gasteiger partial charge is 0.407 e. The van der Waals surface area contributed by atoms with Crippen molar-refractivity contribution in [3.05, 3.63) is 16.1 Å². The summed E-state index contributed by atoms with van der Waals surface area (Å²) in [6.45, 7) is 13.9. The predicted octanol–water partition coefficient (Wildman–Crippen LogP) is 2.47. The second kappa shape index (κ2) is 17.7. The number of thiazole rings is 1. The van der Waals surface area contributed by atoms with Gasteiger partial charge in [0.05, 0.1) is 18.8 Å². The molecule has 1 aliphatic heterocycles. The largest absolute Gasteiger partial charge is 0.467 e. The van der Waals surface area contributed by atoms with Crippen LogP contribution in [0.15, 0.2) is 5.38 Å². The first-order valence-electron chi connectivity index (χ1n) is 16.3. The number of methoxy groups -OCH3 is 1. The van der Waals surface area contributed by atoms with Crippen LogP contribution in [0.4, 0.5) is 4.79 Å². The molecule has 4 amide bonds. The minimum atomic E-state index is -1.30. The Balaban J connectivity index is 2.37. The van der Waals surface area contributed by atoms with Crippen LogP contribution in [-0.2, 0) is 23.9 Å². The van der Waals surface area contributed by atoms with E-state index in [0.717, 1.165) is 31.4 Å². The summed E-state index contributed by atoms with van der Waals surface area (Å²) in [4.78, 5) is 73.4. The van der Waals surface area contributed by atoms with Crippen LogP contribution in [-0.4, -0.2) is 114 Å². The maximum Gasteiger partial charge on any atom is 0.407 e. The van der Waals surface area contributed by atoms with Gasteiger partial charge in [-0.25, -0.2) is 14.6 Å². The topological polar surface area (TPSA) is 179 Å². The van der Waals surface area contributed by atoms with Gasteiger partial charge in [-0.15, -0.1) is 11.3 Å². The maximum atomic E-state index is 14.2. The Labute approximate surface area is 282 Å². The molecular formula is C32H54N6O8S. The van der Waals surface area contributed by atoms with E-state index in [4.69, 9.17) is 4.74 Å².